The molecule has 1 saturated heterocycles. The average molecular weight is 560 g/mol. The second kappa shape index (κ2) is 12.7. The van der Waals surface area contributed by atoms with Crippen LogP contribution in [-0.4, -0.2) is 54.5 Å². The molecule has 5 rings (SSSR count). The number of thiocarbonyl (C=S) groups is 1. The average Bonchev–Trinajstić information content (AvgIpc) is 3.05. The van der Waals surface area contributed by atoms with E-state index >= 15 is 0 Å². The molecule has 3 aromatic carbocycles. The van der Waals surface area contributed by atoms with Crippen molar-refractivity contribution in [2.24, 2.45) is 10.9 Å². The molecule has 1 fully saturated rings. The highest BCUT2D eigenvalue weighted by molar-refractivity contribution is 7.80. The van der Waals surface area contributed by atoms with E-state index in [-0.39, 0.29) is 5.91 Å². The first-order chi connectivity index (χ1) is 19.0. The van der Waals surface area contributed by atoms with Crippen LogP contribution in [0.15, 0.2) is 83.9 Å². The smallest absolute Gasteiger partial charge is 0.272 e. The predicted octanol–water partition coefficient (Wildman–Crippen LogP) is 5.25. The lowest BCUT2D eigenvalue weighted by molar-refractivity contribution is -0.119. The molecule has 0 spiro atoms. The third kappa shape index (κ3) is 6.85. The Labute approximate surface area is 241 Å². The topological polar surface area (TPSA) is 60.0 Å². The number of halogens is 1. The molecule has 1 amide bonds. The number of amides is 1. The number of benzene rings is 3. The highest BCUT2D eigenvalue weighted by atomic mass is 35.5. The first-order valence-corrected chi connectivity index (χ1v) is 14.3. The van der Waals surface area contributed by atoms with E-state index in [0.29, 0.717) is 21.8 Å². The second-order valence-electron chi connectivity index (χ2n) is 10.2. The van der Waals surface area contributed by atoms with E-state index < -0.39 is 6.17 Å². The van der Waals surface area contributed by atoms with E-state index in [2.05, 4.69) is 45.9 Å². The molecular weight excluding hydrogens is 526 g/mol. The molecule has 39 heavy (non-hydrogen) atoms. The number of nitrogens with one attached hydrogen (secondary N) is 2. The van der Waals surface area contributed by atoms with Crippen LogP contribution in [-0.2, 0) is 11.3 Å². The van der Waals surface area contributed by atoms with Gasteiger partial charge in [0.15, 0.2) is 5.11 Å². The summed E-state index contributed by atoms with van der Waals surface area (Å²) in [7, 11) is 1.76. The fourth-order valence-corrected chi connectivity index (χ4v) is 5.69. The molecule has 2 aliphatic rings. The molecular formula is C31H34ClN5OS. The van der Waals surface area contributed by atoms with Crippen molar-refractivity contribution >= 4 is 46.2 Å². The Kier molecular flexibility index (Phi) is 8.91. The maximum Gasteiger partial charge on any atom is 0.272 e. The van der Waals surface area contributed by atoms with Gasteiger partial charge in [-0.1, -0.05) is 72.3 Å². The fraction of sp³-hybridized carbons (Fsp3) is 0.323. The van der Waals surface area contributed by atoms with Gasteiger partial charge in [0.2, 0.25) is 6.17 Å². The van der Waals surface area contributed by atoms with Crippen LogP contribution in [0.3, 0.4) is 0 Å². The van der Waals surface area contributed by atoms with Crippen molar-refractivity contribution in [1.82, 2.24) is 15.5 Å². The molecule has 0 aromatic heterocycles. The number of likely N-dealkylation sites (N-methyl/N-ethyl adjacent to an activating group) is 1. The van der Waals surface area contributed by atoms with Crippen molar-refractivity contribution in [3.63, 3.8) is 0 Å². The Hall–Kier alpha value is -3.26. The van der Waals surface area contributed by atoms with Gasteiger partial charge in [-0.25, -0.2) is 4.99 Å². The highest BCUT2D eigenvalue weighted by Gasteiger charge is 2.30. The normalized spacial score (nSPS) is 18.2. The number of aliphatic imine (C=N–C) groups is 1. The van der Waals surface area contributed by atoms with E-state index in [1.165, 1.54) is 18.4 Å². The predicted molar refractivity (Wildman–Crippen MR) is 164 cm³/mol. The van der Waals surface area contributed by atoms with Crippen molar-refractivity contribution < 1.29 is 4.79 Å². The van der Waals surface area contributed by atoms with Gasteiger partial charge in [-0.2, -0.15) is 0 Å². The van der Waals surface area contributed by atoms with Crippen LogP contribution in [0.5, 0.6) is 0 Å². The number of carbonyl (C=O) groups is 1. The molecule has 2 heterocycles. The molecule has 202 valence electrons. The molecule has 1 unspecified atom stereocenters. The van der Waals surface area contributed by atoms with Crippen LogP contribution in [0.4, 0.5) is 5.69 Å². The van der Waals surface area contributed by atoms with Gasteiger partial charge in [-0.15, -0.1) is 0 Å². The van der Waals surface area contributed by atoms with Crippen LogP contribution in [0.2, 0.25) is 5.02 Å². The SMILES string of the molecule is CN1C(=O)C(NC(=S)NCCC2CCN(Cc3ccccc3)CC2)N=C(c2ccccc2)c2cc(Cl)ccc21. The van der Waals surface area contributed by atoms with Gasteiger partial charge in [0, 0.05) is 36.3 Å². The monoisotopic (exact) mass is 559 g/mol. The lowest BCUT2D eigenvalue weighted by atomic mass is 9.93. The minimum absolute atomic E-state index is 0.181. The van der Waals surface area contributed by atoms with Crippen LogP contribution >= 0.6 is 23.8 Å². The van der Waals surface area contributed by atoms with Crippen molar-refractivity contribution in [2.75, 3.05) is 31.6 Å². The summed E-state index contributed by atoms with van der Waals surface area (Å²) in [4.78, 5) is 22.4. The molecule has 6 nitrogen and oxygen atoms in total. The Bertz CT molecular complexity index is 1330. The van der Waals surface area contributed by atoms with Crippen LogP contribution in [0, 0.1) is 5.92 Å². The lowest BCUT2D eigenvalue weighted by Crippen LogP contribution is -2.49. The maximum absolute atomic E-state index is 13.4. The summed E-state index contributed by atoms with van der Waals surface area (Å²) >= 11 is 11.9. The molecule has 3 aromatic rings. The Morgan fingerprint density at radius 1 is 1.03 bits per heavy atom. The van der Waals surface area contributed by atoms with E-state index in [9.17, 15) is 4.79 Å². The standard InChI is InChI=1S/C31H34ClN5OS/c1-36-27-13-12-25(32)20-26(27)28(24-10-6-3-7-11-24)34-29(30(36)38)35-31(39)33-17-14-22-15-18-37(19-16-22)21-23-8-4-2-5-9-23/h2-13,20,22,29H,14-19,21H2,1H3,(H2,33,35,39). The van der Waals surface area contributed by atoms with Gasteiger partial charge < -0.3 is 15.5 Å². The number of anilines is 1. The van der Waals surface area contributed by atoms with Crippen LogP contribution in [0.25, 0.3) is 0 Å². The van der Waals surface area contributed by atoms with Gasteiger partial charge in [0.25, 0.3) is 5.91 Å². The van der Waals surface area contributed by atoms with Crippen molar-refractivity contribution in [2.45, 2.75) is 32.0 Å². The summed E-state index contributed by atoms with van der Waals surface area (Å²) in [6.45, 7) is 4.02. The summed E-state index contributed by atoms with van der Waals surface area (Å²) in [6, 6.07) is 26.0. The zero-order chi connectivity index (χ0) is 27.2. The van der Waals surface area contributed by atoms with E-state index in [1.807, 2.05) is 42.5 Å². The van der Waals surface area contributed by atoms with Crippen LogP contribution < -0.4 is 15.5 Å². The third-order valence-electron chi connectivity index (χ3n) is 7.51. The molecule has 0 bridgehead atoms. The summed E-state index contributed by atoms with van der Waals surface area (Å²) in [5.74, 6) is 0.486. The molecule has 2 N–H and O–H groups in total. The number of benzodiazepines with no additional fused rings is 1. The quantitative estimate of drug-likeness (QED) is 0.387. The highest BCUT2D eigenvalue weighted by Crippen LogP contribution is 2.30. The van der Waals surface area contributed by atoms with Crippen molar-refractivity contribution in [1.29, 1.82) is 0 Å². The van der Waals surface area contributed by atoms with Crippen molar-refractivity contribution in [3.8, 4) is 0 Å². The largest absolute Gasteiger partial charge is 0.363 e. The molecule has 8 heteroatoms. The lowest BCUT2D eigenvalue weighted by Gasteiger charge is -2.32. The van der Waals surface area contributed by atoms with E-state index in [4.69, 9.17) is 28.8 Å². The Morgan fingerprint density at radius 2 is 1.72 bits per heavy atom. The second-order valence-corrected chi connectivity index (χ2v) is 11.0. The van der Waals surface area contributed by atoms with Crippen LogP contribution in [0.1, 0.15) is 36.0 Å². The number of hydrogen-bond acceptors (Lipinski definition) is 4. The zero-order valence-corrected chi connectivity index (χ0v) is 23.7. The third-order valence-corrected chi connectivity index (χ3v) is 8.00. The fourth-order valence-electron chi connectivity index (χ4n) is 5.31. The molecule has 0 saturated carbocycles. The summed E-state index contributed by atoms with van der Waals surface area (Å²) in [5.41, 5.74) is 4.55. The first kappa shape index (κ1) is 27.3. The summed E-state index contributed by atoms with van der Waals surface area (Å²) in [5, 5.41) is 7.50. The number of likely N-dealkylation sites (tertiary alicyclic amines) is 1. The molecule has 0 aliphatic carbocycles. The number of rotatable bonds is 7. The number of hydrogen-bond donors (Lipinski definition) is 2. The Morgan fingerprint density at radius 3 is 2.44 bits per heavy atom. The Balaban J connectivity index is 1.18. The molecule has 2 aliphatic heterocycles. The first-order valence-electron chi connectivity index (χ1n) is 13.5. The summed E-state index contributed by atoms with van der Waals surface area (Å²) in [6.07, 6.45) is 2.57. The summed E-state index contributed by atoms with van der Waals surface area (Å²) < 4.78 is 0. The minimum atomic E-state index is -0.849. The van der Waals surface area contributed by atoms with Gasteiger partial charge >= 0.3 is 0 Å². The number of fused-ring (bicyclic) bond motifs is 1. The molecule has 1 atom stereocenters. The minimum Gasteiger partial charge on any atom is -0.363 e. The van der Waals surface area contributed by atoms with E-state index in [1.54, 1.807) is 18.0 Å². The van der Waals surface area contributed by atoms with Gasteiger partial charge in [-0.3, -0.25) is 9.69 Å². The van der Waals surface area contributed by atoms with E-state index in [0.717, 1.165) is 49.4 Å². The number of carbonyl (C=O) groups excluding carboxylic acids is 1. The van der Waals surface area contributed by atoms with Gasteiger partial charge in [-0.05, 0) is 74.3 Å². The number of piperidine rings is 1. The maximum atomic E-state index is 13.4. The number of nitrogens with zero attached hydrogens (tertiary/aromatic N) is 3. The van der Waals surface area contributed by atoms with Gasteiger partial charge in [0.1, 0.15) is 0 Å². The van der Waals surface area contributed by atoms with Gasteiger partial charge in [0.05, 0.1) is 11.4 Å². The zero-order valence-electron chi connectivity index (χ0n) is 22.1. The van der Waals surface area contributed by atoms with Crippen molar-refractivity contribution in [3.05, 3.63) is 101 Å². The molecule has 0 radical (unpaired) electrons.